The van der Waals surface area contributed by atoms with Gasteiger partial charge in [-0.3, -0.25) is 4.90 Å². The molecule has 0 saturated carbocycles. The summed E-state index contributed by atoms with van der Waals surface area (Å²) in [4.78, 5) is 5.25. The molecule has 2 atom stereocenters. The van der Waals surface area contributed by atoms with Crippen LogP contribution in [0.15, 0.2) is 0 Å². The number of nitrogens with two attached hydrogens (primary N) is 1. The minimum Gasteiger partial charge on any atom is -0.328 e. The highest BCUT2D eigenvalue weighted by Crippen LogP contribution is 2.33. The van der Waals surface area contributed by atoms with E-state index >= 15 is 0 Å². The number of fused-ring (bicyclic) bond motifs is 2. The lowest BCUT2D eigenvalue weighted by atomic mass is 9.82. The largest absolute Gasteiger partial charge is 0.328 e. The molecule has 3 heteroatoms. The van der Waals surface area contributed by atoms with Gasteiger partial charge in [0.2, 0.25) is 0 Å². The maximum atomic E-state index is 6.18. The molecule has 0 amide bonds. The van der Waals surface area contributed by atoms with Gasteiger partial charge in [-0.05, 0) is 72.5 Å². The van der Waals surface area contributed by atoms with Gasteiger partial charge < -0.3 is 10.6 Å². The Balaban J connectivity index is 1.70. The molecular weight excluding hydrogens is 234 g/mol. The molecule has 0 aromatic carbocycles. The van der Waals surface area contributed by atoms with Crippen molar-refractivity contribution in [2.24, 2.45) is 5.73 Å². The van der Waals surface area contributed by atoms with E-state index in [-0.39, 0.29) is 0 Å². The fraction of sp³-hybridized carbons (Fsp3) is 1.00. The molecule has 2 aliphatic rings. The smallest absolute Gasteiger partial charge is 0.0113 e. The molecule has 2 bridgehead atoms. The number of hydrogen-bond donors (Lipinski definition) is 1. The number of rotatable bonds is 6. The summed E-state index contributed by atoms with van der Waals surface area (Å²) < 4.78 is 0. The summed E-state index contributed by atoms with van der Waals surface area (Å²) in [5.74, 6) is 0. The molecule has 2 rings (SSSR count). The van der Waals surface area contributed by atoms with Gasteiger partial charge in [0.25, 0.3) is 0 Å². The zero-order valence-corrected chi connectivity index (χ0v) is 13.1. The summed E-state index contributed by atoms with van der Waals surface area (Å²) in [6.45, 7) is 7.08. The molecule has 2 unspecified atom stereocenters. The Kier molecular flexibility index (Phi) is 5.67. The van der Waals surface area contributed by atoms with Crippen molar-refractivity contribution in [2.75, 3.05) is 20.1 Å². The molecule has 3 nitrogen and oxygen atoms in total. The van der Waals surface area contributed by atoms with Gasteiger partial charge in [0, 0.05) is 24.2 Å². The molecule has 112 valence electrons. The van der Waals surface area contributed by atoms with Crippen molar-refractivity contribution < 1.29 is 0 Å². The molecule has 2 aliphatic heterocycles. The van der Waals surface area contributed by atoms with Crippen LogP contribution in [0.3, 0.4) is 0 Å². The van der Waals surface area contributed by atoms with Crippen molar-refractivity contribution >= 4 is 0 Å². The Morgan fingerprint density at radius 3 is 2.37 bits per heavy atom. The van der Waals surface area contributed by atoms with Crippen molar-refractivity contribution in [2.45, 2.75) is 83.0 Å². The first-order valence-electron chi connectivity index (χ1n) is 8.29. The first kappa shape index (κ1) is 15.3. The first-order valence-corrected chi connectivity index (χ1v) is 8.29. The van der Waals surface area contributed by atoms with Crippen molar-refractivity contribution in [3.63, 3.8) is 0 Å². The fourth-order valence-corrected chi connectivity index (χ4v) is 3.80. The van der Waals surface area contributed by atoms with E-state index in [2.05, 4.69) is 30.7 Å². The summed E-state index contributed by atoms with van der Waals surface area (Å²) in [5.41, 5.74) is 6.18. The predicted molar refractivity (Wildman–Crippen MR) is 82.3 cm³/mol. The average Bonchev–Trinajstić information content (AvgIpc) is 2.34. The third kappa shape index (κ3) is 4.17. The lowest BCUT2D eigenvalue weighted by Gasteiger charge is -2.48. The van der Waals surface area contributed by atoms with Crippen LogP contribution in [-0.4, -0.2) is 54.1 Å². The van der Waals surface area contributed by atoms with Gasteiger partial charge >= 0.3 is 0 Å². The molecule has 0 aromatic rings. The highest BCUT2D eigenvalue weighted by Gasteiger charge is 2.36. The van der Waals surface area contributed by atoms with Gasteiger partial charge in [0.05, 0.1) is 0 Å². The van der Waals surface area contributed by atoms with E-state index in [1.807, 2.05) is 0 Å². The summed E-state index contributed by atoms with van der Waals surface area (Å²) in [6.07, 6.45) is 9.35. The van der Waals surface area contributed by atoms with Crippen LogP contribution < -0.4 is 5.73 Å². The fourth-order valence-electron chi connectivity index (χ4n) is 3.80. The van der Waals surface area contributed by atoms with Gasteiger partial charge in [0.1, 0.15) is 0 Å². The van der Waals surface area contributed by atoms with E-state index in [1.165, 1.54) is 58.0 Å². The average molecular weight is 267 g/mol. The topological polar surface area (TPSA) is 32.5 Å². The molecule has 2 N–H and O–H groups in total. The van der Waals surface area contributed by atoms with Crippen LogP contribution in [0.4, 0.5) is 0 Å². The second-order valence-electron chi connectivity index (χ2n) is 6.99. The van der Waals surface area contributed by atoms with E-state index < -0.39 is 0 Å². The molecule has 2 heterocycles. The maximum Gasteiger partial charge on any atom is 0.0113 e. The van der Waals surface area contributed by atoms with E-state index in [4.69, 9.17) is 5.73 Å². The molecule has 0 radical (unpaired) electrons. The number of unbranched alkanes of at least 4 members (excludes halogenated alkanes) is 1. The molecule has 2 saturated heterocycles. The molecule has 0 spiro atoms. The van der Waals surface area contributed by atoms with E-state index in [0.717, 1.165) is 12.1 Å². The zero-order valence-electron chi connectivity index (χ0n) is 13.1. The first-order chi connectivity index (χ1) is 9.08. The van der Waals surface area contributed by atoms with E-state index in [0.29, 0.717) is 12.1 Å². The van der Waals surface area contributed by atoms with Gasteiger partial charge in [-0.2, -0.15) is 0 Å². The molecule has 2 fully saturated rings. The Hall–Kier alpha value is -0.120. The van der Waals surface area contributed by atoms with Gasteiger partial charge in [0.15, 0.2) is 0 Å². The van der Waals surface area contributed by atoms with Gasteiger partial charge in [-0.15, -0.1) is 0 Å². The minimum absolute atomic E-state index is 0.471. The van der Waals surface area contributed by atoms with Crippen molar-refractivity contribution in [1.82, 2.24) is 9.80 Å². The Bertz CT molecular complexity index is 253. The van der Waals surface area contributed by atoms with Crippen LogP contribution in [0.5, 0.6) is 0 Å². The number of nitrogens with zero attached hydrogens (tertiary/aromatic N) is 2. The van der Waals surface area contributed by atoms with Crippen molar-refractivity contribution in [3.05, 3.63) is 0 Å². The minimum atomic E-state index is 0.471. The lowest BCUT2D eigenvalue weighted by Crippen LogP contribution is -2.55. The van der Waals surface area contributed by atoms with Crippen LogP contribution in [0.2, 0.25) is 0 Å². The van der Waals surface area contributed by atoms with E-state index in [1.54, 1.807) is 0 Å². The van der Waals surface area contributed by atoms with Crippen LogP contribution >= 0.6 is 0 Å². The van der Waals surface area contributed by atoms with Crippen molar-refractivity contribution in [1.29, 1.82) is 0 Å². The predicted octanol–water partition coefficient (Wildman–Crippen LogP) is 2.45. The molecule has 0 aliphatic carbocycles. The Morgan fingerprint density at radius 2 is 1.79 bits per heavy atom. The van der Waals surface area contributed by atoms with E-state index in [9.17, 15) is 0 Å². The second kappa shape index (κ2) is 7.05. The van der Waals surface area contributed by atoms with Gasteiger partial charge in [-0.1, -0.05) is 6.42 Å². The third-order valence-corrected chi connectivity index (χ3v) is 5.22. The SMILES string of the molecule is CC(C)N(C)CCCCN1C2CCCC1CC(N)C2. The lowest BCUT2D eigenvalue weighted by molar-refractivity contribution is 0.0297. The summed E-state index contributed by atoms with van der Waals surface area (Å²) >= 11 is 0. The third-order valence-electron chi connectivity index (χ3n) is 5.22. The van der Waals surface area contributed by atoms with Gasteiger partial charge in [-0.25, -0.2) is 0 Å². The van der Waals surface area contributed by atoms with Crippen LogP contribution in [0.25, 0.3) is 0 Å². The summed E-state index contributed by atoms with van der Waals surface area (Å²) in [6, 6.07) is 2.74. The van der Waals surface area contributed by atoms with Crippen molar-refractivity contribution in [3.8, 4) is 0 Å². The zero-order chi connectivity index (χ0) is 13.8. The molecular formula is C16H33N3. The summed E-state index contributed by atoms with van der Waals surface area (Å²) in [7, 11) is 2.24. The highest BCUT2D eigenvalue weighted by atomic mass is 15.2. The normalized spacial score (nSPS) is 32.2. The highest BCUT2D eigenvalue weighted by molar-refractivity contribution is 4.93. The molecule has 0 aromatic heterocycles. The van der Waals surface area contributed by atoms with Crippen LogP contribution in [0.1, 0.15) is 58.8 Å². The summed E-state index contributed by atoms with van der Waals surface area (Å²) in [5, 5.41) is 0. The number of hydrogen-bond acceptors (Lipinski definition) is 3. The standard InChI is InChI=1S/C16H33N3/c1-13(2)18(3)9-4-5-10-19-15-7-6-8-16(19)12-14(17)11-15/h13-16H,4-12,17H2,1-3H3. The second-order valence-corrected chi connectivity index (χ2v) is 6.99. The Morgan fingerprint density at radius 1 is 1.16 bits per heavy atom. The monoisotopic (exact) mass is 267 g/mol. The quantitative estimate of drug-likeness (QED) is 0.750. The maximum absolute atomic E-state index is 6.18. The Labute approximate surface area is 119 Å². The number of piperidine rings is 2. The van der Waals surface area contributed by atoms with Crippen LogP contribution in [-0.2, 0) is 0 Å². The molecule has 19 heavy (non-hydrogen) atoms. The van der Waals surface area contributed by atoms with Crippen LogP contribution in [0, 0.1) is 0 Å².